The third-order valence-corrected chi connectivity index (χ3v) is 3.25. The number of methoxy groups -OCH3 is 1. The zero-order valence-corrected chi connectivity index (χ0v) is 11.3. The number of hydrogen-bond acceptors (Lipinski definition) is 5. The molecule has 0 radical (unpaired) electrons. The second kappa shape index (κ2) is 5.53. The first-order valence-electron chi connectivity index (χ1n) is 5.38. The molecule has 1 aliphatic rings. The minimum Gasteiger partial charge on any atom is -0.493 e. The van der Waals surface area contributed by atoms with Gasteiger partial charge in [-0.25, -0.2) is 0 Å². The van der Waals surface area contributed by atoms with E-state index in [0.29, 0.717) is 29.2 Å². The molecule has 1 saturated heterocycles. The topological polar surface area (TPSA) is 70.8 Å². The Balaban J connectivity index is 2.28. The van der Waals surface area contributed by atoms with E-state index in [1.54, 1.807) is 6.07 Å². The fraction of sp³-hybridized carbons (Fsp3) is 0.455. The molecule has 1 aromatic rings. The van der Waals surface area contributed by atoms with Gasteiger partial charge >= 0.3 is 0 Å². The van der Waals surface area contributed by atoms with Crippen LogP contribution in [-0.4, -0.2) is 31.4 Å². The zero-order chi connectivity index (χ0) is 13.1. The van der Waals surface area contributed by atoms with Crippen LogP contribution in [0.1, 0.15) is 6.42 Å². The number of halogens is 1. The van der Waals surface area contributed by atoms with Gasteiger partial charge in [-0.2, -0.15) is 0 Å². The summed E-state index contributed by atoms with van der Waals surface area (Å²) in [5.74, 6) is 0.822. The zero-order valence-electron chi connectivity index (χ0n) is 9.72. The molecule has 1 atom stereocenters. The first-order chi connectivity index (χ1) is 8.61. The first-order valence-corrected chi connectivity index (χ1v) is 6.17. The Morgan fingerprint density at radius 2 is 2.28 bits per heavy atom. The highest BCUT2D eigenvalue weighted by Gasteiger charge is 2.22. The maximum Gasteiger partial charge on any atom is 0.287 e. The molecule has 0 bridgehead atoms. The van der Waals surface area contributed by atoms with Crippen LogP contribution in [0.4, 0.5) is 5.69 Å². The molecule has 98 valence electrons. The normalized spacial score (nSPS) is 18.7. The minimum atomic E-state index is -0.477. The van der Waals surface area contributed by atoms with Gasteiger partial charge in [0, 0.05) is 12.5 Å². The lowest BCUT2D eigenvalue weighted by molar-refractivity contribution is -0.385. The van der Waals surface area contributed by atoms with Crippen LogP contribution in [0.5, 0.6) is 11.5 Å². The van der Waals surface area contributed by atoms with E-state index in [-0.39, 0.29) is 11.8 Å². The number of nitro benzene ring substituents is 1. The first kappa shape index (κ1) is 13.1. The van der Waals surface area contributed by atoms with Gasteiger partial charge in [0.25, 0.3) is 5.69 Å². The smallest absolute Gasteiger partial charge is 0.287 e. The van der Waals surface area contributed by atoms with E-state index >= 15 is 0 Å². The molecule has 0 unspecified atom stereocenters. The van der Waals surface area contributed by atoms with E-state index in [4.69, 9.17) is 14.2 Å². The molecule has 18 heavy (non-hydrogen) atoms. The largest absolute Gasteiger partial charge is 0.493 e. The van der Waals surface area contributed by atoms with Gasteiger partial charge in [-0.1, -0.05) is 0 Å². The molecule has 6 nitrogen and oxygen atoms in total. The van der Waals surface area contributed by atoms with Crippen molar-refractivity contribution < 1.29 is 19.1 Å². The van der Waals surface area contributed by atoms with E-state index in [9.17, 15) is 10.1 Å². The molecule has 0 saturated carbocycles. The lowest BCUT2D eigenvalue weighted by Gasteiger charge is -2.15. The molecule has 0 N–H and O–H groups in total. The molecule has 2 rings (SSSR count). The van der Waals surface area contributed by atoms with Crippen molar-refractivity contribution in [1.82, 2.24) is 0 Å². The van der Waals surface area contributed by atoms with Crippen LogP contribution >= 0.6 is 15.9 Å². The maximum atomic E-state index is 10.8. The van der Waals surface area contributed by atoms with Gasteiger partial charge in [-0.05, 0) is 15.9 Å². The maximum absolute atomic E-state index is 10.8. The summed E-state index contributed by atoms with van der Waals surface area (Å²) < 4.78 is 16.4. The van der Waals surface area contributed by atoms with Crippen LogP contribution in [0.3, 0.4) is 0 Å². The highest BCUT2D eigenvalue weighted by atomic mass is 79.9. The number of nitro groups is 1. The van der Waals surface area contributed by atoms with E-state index < -0.39 is 4.92 Å². The predicted molar refractivity (Wildman–Crippen MR) is 67.2 cm³/mol. The third-order valence-electron chi connectivity index (χ3n) is 2.61. The summed E-state index contributed by atoms with van der Waals surface area (Å²) in [5.41, 5.74) is -0.0538. The van der Waals surface area contributed by atoms with Crippen molar-refractivity contribution in [3.63, 3.8) is 0 Å². The van der Waals surface area contributed by atoms with Gasteiger partial charge < -0.3 is 14.2 Å². The van der Waals surface area contributed by atoms with E-state index in [1.165, 1.54) is 13.2 Å². The van der Waals surface area contributed by atoms with Crippen LogP contribution in [0.15, 0.2) is 16.6 Å². The summed E-state index contributed by atoms with van der Waals surface area (Å²) in [6, 6.07) is 2.89. The standard InChI is InChI=1S/C11H12BrNO5/c1-16-10-5-9(13(14)15)8(12)4-11(10)18-7-2-3-17-6-7/h4-5,7H,2-3,6H2,1H3/t7-/m0/s1. The minimum absolute atomic E-state index is 0.0349. The van der Waals surface area contributed by atoms with Crippen LogP contribution in [0.2, 0.25) is 0 Å². The second-order valence-corrected chi connectivity index (χ2v) is 4.67. The second-order valence-electron chi connectivity index (χ2n) is 3.82. The molecule has 0 amide bonds. The van der Waals surface area contributed by atoms with Gasteiger partial charge in [0.1, 0.15) is 6.10 Å². The average Bonchev–Trinajstić information content (AvgIpc) is 2.81. The Kier molecular flexibility index (Phi) is 4.03. The van der Waals surface area contributed by atoms with Gasteiger partial charge in [0.2, 0.25) is 0 Å². The molecule has 1 aliphatic heterocycles. The summed E-state index contributed by atoms with van der Waals surface area (Å²) in [7, 11) is 1.45. The lowest BCUT2D eigenvalue weighted by Crippen LogP contribution is -2.16. The number of hydrogen-bond donors (Lipinski definition) is 0. The Labute approximate surface area is 112 Å². The van der Waals surface area contributed by atoms with E-state index in [2.05, 4.69) is 15.9 Å². The van der Waals surface area contributed by atoms with Crippen LogP contribution < -0.4 is 9.47 Å². The molecule has 7 heteroatoms. The highest BCUT2D eigenvalue weighted by molar-refractivity contribution is 9.10. The van der Waals surface area contributed by atoms with Crippen molar-refractivity contribution in [3.05, 3.63) is 26.7 Å². The van der Waals surface area contributed by atoms with Crippen molar-refractivity contribution in [2.45, 2.75) is 12.5 Å². The van der Waals surface area contributed by atoms with E-state index in [0.717, 1.165) is 6.42 Å². The van der Waals surface area contributed by atoms with Crippen molar-refractivity contribution in [2.75, 3.05) is 20.3 Å². The van der Waals surface area contributed by atoms with E-state index in [1.807, 2.05) is 0 Å². The molecule has 1 fully saturated rings. The van der Waals surface area contributed by atoms with Crippen LogP contribution in [0.25, 0.3) is 0 Å². The number of nitrogens with zero attached hydrogens (tertiary/aromatic N) is 1. The van der Waals surface area contributed by atoms with Crippen LogP contribution in [-0.2, 0) is 4.74 Å². The van der Waals surface area contributed by atoms with Crippen molar-refractivity contribution in [3.8, 4) is 11.5 Å². The average molecular weight is 318 g/mol. The summed E-state index contributed by atoms with van der Waals surface area (Å²) in [5, 5.41) is 10.8. The summed E-state index contributed by atoms with van der Waals surface area (Å²) >= 11 is 3.15. The Morgan fingerprint density at radius 1 is 1.50 bits per heavy atom. The Bertz CT molecular complexity index is 459. The van der Waals surface area contributed by atoms with Crippen LogP contribution in [0, 0.1) is 10.1 Å². The summed E-state index contributed by atoms with van der Waals surface area (Å²) in [6.45, 7) is 1.19. The van der Waals surface area contributed by atoms with Gasteiger partial charge in [-0.3, -0.25) is 10.1 Å². The molecule has 1 heterocycles. The third kappa shape index (κ3) is 2.73. The quantitative estimate of drug-likeness (QED) is 0.630. The monoisotopic (exact) mass is 317 g/mol. The number of rotatable bonds is 4. The van der Waals surface area contributed by atoms with Crippen molar-refractivity contribution in [1.29, 1.82) is 0 Å². The molecular formula is C11H12BrNO5. The van der Waals surface area contributed by atoms with Crippen molar-refractivity contribution in [2.24, 2.45) is 0 Å². The fourth-order valence-electron chi connectivity index (χ4n) is 1.70. The lowest BCUT2D eigenvalue weighted by atomic mass is 10.2. The van der Waals surface area contributed by atoms with Crippen molar-refractivity contribution >= 4 is 21.6 Å². The number of ether oxygens (including phenoxy) is 3. The molecular weight excluding hydrogens is 306 g/mol. The predicted octanol–water partition coefficient (Wildman–Crippen LogP) is 2.53. The van der Waals surface area contributed by atoms with Gasteiger partial charge in [-0.15, -0.1) is 0 Å². The Morgan fingerprint density at radius 3 is 2.83 bits per heavy atom. The number of benzene rings is 1. The molecule has 0 spiro atoms. The van der Waals surface area contributed by atoms with Gasteiger partial charge in [0.15, 0.2) is 11.5 Å². The Hall–Kier alpha value is -1.34. The summed E-state index contributed by atoms with van der Waals surface area (Å²) in [6.07, 6.45) is 0.768. The molecule has 1 aromatic carbocycles. The SMILES string of the molecule is COc1cc([N+](=O)[O-])c(Br)cc1O[C@H]1CCOC1. The molecule has 0 aromatic heterocycles. The fourth-order valence-corrected chi connectivity index (χ4v) is 2.17. The highest BCUT2D eigenvalue weighted by Crippen LogP contribution is 2.38. The molecule has 0 aliphatic carbocycles. The summed E-state index contributed by atoms with van der Waals surface area (Å²) in [4.78, 5) is 10.3. The van der Waals surface area contributed by atoms with Gasteiger partial charge in [0.05, 0.1) is 35.8 Å².